The van der Waals surface area contributed by atoms with Crippen LogP contribution in [0.3, 0.4) is 0 Å². The Morgan fingerprint density at radius 1 is 0.472 bits per heavy atom. The minimum Gasteiger partial charge on any atom is -0.459 e. The summed E-state index contributed by atoms with van der Waals surface area (Å²) in [6.45, 7) is 0. The summed E-state index contributed by atoms with van der Waals surface area (Å²) in [6.07, 6.45) is 10.6. The highest BCUT2D eigenvalue weighted by Crippen LogP contribution is 2.37. The summed E-state index contributed by atoms with van der Waals surface area (Å²) in [5.74, 6) is -0.561. The summed E-state index contributed by atoms with van der Waals surface area (Å²) in [5.41, 5.74) is 4.52. The average molecular weight is 483 g/mol. The van der Waals surface area contributed by atoms with E-state index in [1.807, 2.05) is 72.8 Å². The largest absolute Gasteiger partial charge is 0.459 e. The van der Waals surface area contributed by atoms with Gasteiger partial charge < -0.3 is 9.47 Å². The fourth-order valence-corrected chi connectivity index (χ4v) is 5.54. The molecule has 0 aliphatic heterocycles. The zero-order valence-electron chi connectivity index (χ0n) is 20.8. The number of hydrogen-bond acceptors (Lipinski definition) is 4. The molecule has 2 aliphatic carbocycles. The van der Waals surface area contributed by atoms with Crippen molar-refractivity contribution in [3.63, 3.8) is 0 Å². The summed E-state index contributed by atoms with van der Waals surface area (Å²) in [6, 6.07) is 23.1. The monoisotopic (exact) mass is 482 g/mol. The highest BCUT2D eigenvalue weighted by Gasteiger charge is 2.24. The molecule has 2 aliphatic rings. The van der Waals surface area contributed by atoms with E-state index in [1.54, 1.807) is 0 Å². The van der Waals surface area contributed by atoms with Gasteiger partial charge in [-0.1, -0.05) is 73.5 Å². The van der Waals surface area contributed by atoms with E-state index >= 15 is 0 Å². The third kappa shape index (κ3) is 5.53. The minimum absolute atomic E-state index is 0.00941. The Kier molecular flexibility index (Phi) is 7.80. The first-order chi connectivity index (χ1) is 17.7. The third-order valence-corrected chi connectivity index (χ3v) is 7.45. The lowest BCUT2D eigenvalue weighted by Gasteiger charge is -2.23. The Bertz CT molecular complexity index is 1110. The second-order valence-electron chi connectivity index (χ2n) is 9.97. The predicted octanol–water partition coefficient (Wildman–Crippen LogP) is 8.00. The van der Waals surface area contributed by atoms with E-state index in [0.717, 1.165) is 73.6 Å². The second-order valence-corrected chi connectivity index (χ2v) is 9.97. The molecule has 0 heterocycles. The molecule has 3 aromatic rings. The van der Waals surface area contributed by atoms with Crippen molar-refractivity contribution in [2.45, 2.75) is 76.4 Å². The lowest BCUT2D eigenvalue weighted by molar-refractivity contribution is 0.0202. The molecule has 2 saturated carbocycles. The average Bonchev–Trinajstić information content (AvgIpc) is 2.94. The molecule has 4 heteroatoms. The van der Waals surface area contributed by atoms with E-state index in [4.69, 9.17) is 9.47 Å². The number of carbonyl (C=O) groups is 2. The van der Waals surface area contributed by atoms with Crippen LogP contribution >= 0.6 is 0 Å². The number of benzene rings is 3. The molecule has 4 nitrogen and oxygen atoms in total. The van der Waals surface area contributed by atoms with Gasteiger partial charge in [0.25, 0.3) is 0 Å². The maximum Gasteiger partial charge on any atom is 0.339 e. The molecule has 0 spiro atoms. The summed E-state index contributed by atoms with van der Waals surface area (Å²) in [4.78, 5) is 26.5. The maximum absolute atomic E-state index is 13.3. The normalized spacial score (nSPS) is 16.9. The molecule has 0 N–H and O–H groups in total. The molecule has 0 unspecified atom stereocenters. The van der Waals surface area contributed by atoms with Crippen LogP contribution in [0.25, 0.3) is 22.3 Å². The summed E-state index contributed by atoms with van der Waals surface area (Å²) >= 11 is 0. The van der Waals surface area contributed by atoms with Gasteiger partial charge in [-0.2, -0.15) is 0 Å². The molecule has 186 valence electrons. The van der Waals surface area contributed by atoms with Gasteiger partial charge in [0.15, 0.2) is 0 Å². The SMILES string of the molecule is O=C(OC1CCCCC1)c1ccccc1-c1ccccc1-c1ccccc1C(=O)OC1CCCCC1. The van der Waals surface area contributed by atoms with Gasteiger partial charge in [-0.25, -0.2) is 9.59 Å². The van der Waals surface area contributed by atoms with Crippen molar-refractivity contribution in [1.29, 1.82) is 0 Å². The first-order valence-electron chi connectivity index (χ1n) is 13.4. The van der Waals surface area contributed by atoms with Crippen LogP contribution in [0.2, 0.25) is 0 Å². The Morgan fingerprint density at radius 3 is 1.19 bits per heavy atom. The van der Waals surface area contributed by atoms with E-state index in [-0.39, 0.29) is 24.1 Å². The highest BCUT2D eigenvalue weighted by molar-refractivity contribution is 6.03. The molecular formula is C32H34O4. The summed E-state index contributed by atoms with van der Waals surface area (Å²) < 4.78 is 11.8. The zero-order chi connectivity index (χ0) is 24.7. The van der Waals surface area contributed by atoms with Crippen LogP contribution < -0.4 is 0 Å². The second kappa shape index (κ2) is 11.6. The molecular weight excluding hydrogens is 448 g/mol. The standard InChI is InChI=1S/C32H34O4/c33-31(35-23-13-3-1-4-14-23)29-21-11-9-19-27(29)25-17-7-8-18-26(25)28-20-10-12-22-30(28)32(34)36-24-15-5-2-6-16-24/h7-12,17-24H,1-6,13-16H2. The lowest BCUT2D eigenvalue weighted by atomic mass is 9.89. The molecule has 0 amide bonds. The van der Waals surface area contributed by atoms with E-state index in [2.05, 4.69) is 0 Å². The fraction of sp³-hybridized carbons (Fsp3) is 0.375. The molecule has 5 rings (SSSR count). The number of ether oxygens (including phenoxy) is 2. The third-order valence-electron chi connectivity index (χ3n) is 7.45. The number of hydrogen-bond donors (Lipinski definition) is 0. The molecule has 36 heavy (non-hydrogen) atoms. The molecule has 0 saturated heterocycles. The Labute approximate surface area is 213 Å². The van der Waals surface area contributed by atoms with Crippen LogP contribution in [0.5, 0.6) is 0 Å². The molecule has 2 fully saturated rings. The number of esters is 2. The minimum atomic E-state index is -0.280. The smallest absolute Gasteiger partial charge is 0.339 e. The van der Waals surface area contributed by atoms with Gasteiger partial charge in [0.2, 0.25) is 0 Å². The van der Waals surface area contributed by atoms with Crippen LogP contribution in [-0.4, -0.2) is 24.1 Å². The molecule has 3 aromatic carbocycles. The van der Waals surface area contributed by atoms with Crippen LogP contribution in [0, 0.1) is 0 Å². The van der Waals surface area contributed by atoms with Gasteiger partial charge in [-0.3, -0.25) is 0 Å². The van der Waals surface area contributed by atoms with E-state index in [9.17, 15) is 9.59 Å². The lowest BCUT2D eigenvalue weighted by Crippen LogP contribution is -2.21. The number of rotatable bonds is 6. The van der Waals surface area contributed by atoms with Crippen molar-refractivity contribution in [3.8, 4) is 22.3 Å². The zero-order valence-corrected chi connectivity index (χ0v) is 20.8. The first-order valence-corrected chi connectivity index (χ1v) is 13.4. The van der Waals surface area contributed by atoms with Crippen LogP contribution in [-0.2, 0) is 9.47 Å². The summed E-state index contributed by atoms with van der Waals surface area (Å²) in [5, 5.41) is 0. The van der Waals surface area contributed by atoms with Gasteiger partial charge in [0.1, 0.15) is 12.2 Å². The Balaban J connectivity index is 1.48. The van der Waals surface area contributed by atoms with Gasteiger partial charge in [-0.15, -0.1) is 0 Å². The Hall–Kier alpha value is -3.40. The molecule has 0 radical (unpaired) electrons. The first kappa shape index (κ1) is 24.3. The van der Waals surface area contributed by atoms with Crippen molar-refractivity contribution in [2.75, 3.05) is 0 Å². The van der Waals surface area contributed by atoms with E-state index in [0.29, 0.717) is 11.1 Å². The molecule has 0 atom stereocenters. The van der Waals surface area contributed by atoms with Crippen molar-refractivity contribution >= 4 is 11.9 Å². The van der Waals surface area contributed by atoms with Crippen LogP contribution in [0.15, 0.2) is 72.8 Å². The van der Waals surface area contributed by atoms with Crippen LogP contribution in [0.1, 0.15) is 84.9 Å². The van der Waals surface area contributed by atoms with Gasteiger partial charge in [0.05, 0.1) is 11.1 Å². The van der Waals surface area contributed by atoms with Gasteiger partial charge >= 0.3 is 11.9 Å². The summed E-state index contributed by atoms with van der Waals surface area (Å²) in [7, 11) is 0. The number of carbonyl (C=O) groups excluding carboxylic acids is 2. The highest BCUT2D eigenvalue weighted by atomic mass is 16.5. The van der Waals surface area contributed by atoms with Crippen molar-refractivity contribution in [1.82, 2.24) is 0 Å². The van der Waals surface area contributed by atoms with E-state index < -0.39 is 0 Å². The molecule has 0 aromatic heterocycles. The fourth-order valence-electron chi connectivity index (χ4n) is 5.54. The van der Waals surface area contributed by atoms with Gasteiger partial charge in [0, 0.05) is 0 Å². The van der Waals surface area contributed by atoms with Crippen molar-refractivity contribution < 1.29 is 19.1 Å². The predicted molar refractivity (Wildman–Crippen MR) is 142 cm³/mol. The Morgan fingerprint density at radius 2 is 0.806 bits per heavy atom. The van der Waals surface area contributed by atoms with Gasteiger partial charge in [-0.05, 0) is 85.8 Å². The quantitative estimate of drug-likeness (QED) is 0.334. The van der Waals surface area contributed by atoms with Crippen molar-refractivity contribution in [2.24, 2.45) is 0 Å². The van der Waals surface area contributed by atoms with Crippen LogP contribution in [0.4, 0.5) is 0 Å². The van der Waals surface area contributed by atoms with E-state index in [1.165, 1.54) is 12.8 Å². The topological polar surface area (TPSA) is 52.6 Å². The van der Waals surface area contributed by atoms with Crippen molar-refractivity contribution in [3.05, 3.63) is 83.9 Å². The molecule has 0 bridgehead atoms. The maximum atomic E-state index is 13.3.